The topological polar surface area (TPSA) is 78.1 Å². The Morgan fingerprint density at radius 3 is 2.81 bits per heavy atom. The van der Waals surface area contributed by atoms with Crippen molar-refractivity contribution in [3.63, 3.8) is 0 Å². The van der Waals surface area contributed by atoms with E-state index in [9.17, 15) is 4.79 Å². The van der Waals surface area contributed by atoms with Gasteiger partial charge >= 0.3 is 0 Å². The highest BCUT2D eigenvalue weighted by Gasteiger charge is 2.40. The lowest BCUT2D eigenvalue weighted by molar-refractivity contribution is -0.144. The average molecular weight is 358 g/mol. The molecule has 1 aliphatic heterocycles. The third-order valence-corrected chi connectivity index (χ3v) is 5.84. The summed E-state index contributed by atoms with van der Waals surface area (Å²) in [6.45, 7) is 4.83. The van der Waals surface area contributed by atoms with Gasteiger partial charge in [0.25, 0.3) is 0 Å². The lowest BCUT2D eigenvalue weighted by Gasteiger charge is -2.41. The predicted octanol–water partition coefficient (Wildman–Crippen LogP) is 1.52. The second-order valence-corrected chi connectivity index (χ2v) is 7.45. The zero-order valence-corrected chi connectivity index (χ0v) is 15.5. The SMILES string of the molecule is COC1(CC(=O)N2CCCn3cnc(Cn4nncc4C)c3C2)CCC1. The summed E-state index contributed by atoms with van der Waals surface area (Å²) in [6.07, 6.45) is 8.16. The van der Waals surface area contributed by atoms with Crippen LogP contribution in [0.15, 0.2) is 12.5 Å². The van der Waals surface area contributed by atoms with E-state index in [-0.39, 0.29) is 11.5 Å². The first-order valence-corrected chi connectivity index (χ1v) is 9.31. The standard InChI is InChI=1S/C18H26N6O2/c1-14-10-20-21-24(14)11-15-16-12-22(7-4-8-23(16)13-19-15)17(25)9-18(26-2)5-3-6-18/h10,13H,3-9,11-12H2,1-2H3. The molecule has 0 aromatic carbocycles. The molecule has 0 unspecified atom stereocenters. The molecule has 1 aliphatic carbocycles. The number of ether oxygens (including phenoxy) is 1. The van der Waals surface area contributed by atoms with E-state index < -0.39 is 0 Å². The van der Waals surface area contributed by atoms with Crippen molar-refractivity contribution in [1.29, 1.82) is 0 Å². The van der Waals surface area contributed by atoms with Crippen molar-refractivity contribution >= 4 is 5.91 Å². The van der Waals surface area contributed by atoms with Crippen molar-refractivity contribution in [2.75, 3.05) is 13.7 Å². The van der Waals surface area contributed by atoms with Crippen LogP contribution in [-0.2, 0) is 29.2 Å². The Balaban J connectivity index is 1.51. The second kappa shape index (κ2) is 6.83. The first-order valence-electron chi connectivity index (χ1n) is 9.31. The number of carbonyl (C=O) groups excluding carboxylic acids is 1. The lowest BCUT2D eigenvalue weighted by atomic mass is 9.77. The second-order valence-electron chi connectivity index (χ2n) is 7.45. The van der Waals surface area contributed by atoms with Crippen molar-refractivity contribution in [2.24, 2.45) is 0 Å². The first kappa shape index (κ1) is 17.2. The fourth-order valence-electron chi connectivity index (χ4n) is 3.88. The number of fused-ring (bicyclic) bond motifs is 1. The molecular formula is C18H26N6O2. The summed E-state index contributed by atoms with van der Waals surface area (Å²) in [5.41, 5.74) is 2.83. The highest BCUT2D eigenvalue weighted by Crippen LogP contribution is 2.38. The molecule has 3 heterocycles. The van der Waals surface area contributed by atoms with E-state index in [1.807, 2.05) is 22.8 Å². The van der Waals surface area contributed by atoms with E-state index in [2.05, 4.69) is 19.9 Å². The number of aryl methyl sites for hydroxylation is 2. The number of rotatable bonds is 5. The fourth-order valence-corrected chi connectivity index (χ4v) is 3.88. The molecule has 0 atom stereocenters. The molecule has 1 fully saturated rings. The summed E-state index contributed by atoms with van der Waals surface area (Å²) in [5.74, 6) is 0.184. The molecule has 26 heavy (non-hydrogen) atoms. The largest absolute Gasteiger partial charge is 0.378 e. The molecule has 0 N–H and O–H groups in total. The van der Waals surface area contributed by atoms with Gasteiger partial charge in [-0.05, 0) is 32.6 Å². The van der Waals surface area contributed by atoms with Crippen LogP contribution in [0.3, 0.4) is 0 Å². The smallest absolute Gasteiger partial charge is 0.225 e. The number of hydrogen-bond acceptors (Lipinski definition) is 5. The molecule has 0 saturated heterocycles. The molecule has 0 radical (unpaired) electrons. The zero-order chi connectivity index (χ0) is 18.1. The van der Waals surface area contributed by atoms with Gasteiger partial charge in [0.2, 0.25) is 5.91 Å². The minimum atomic E-state index is -0.232. The first-order chi connectivity index (χ1) is 12.6. The van der Waals surface area contributed by atoms with Gasteiger partial charge in [-0.3, -0.25) is 4.79 Å². The van der Waals surface area contributed by atoms with E-state index in [0.717, 1.165) is 55.9 Å². The maximum absolute atomic E-state index is 12.9. The number of methoxy groups -OCH3 is 1. The van der Waals surface area contributed by atoms with Gasteiger partial charge in [-0.2, -0.15) is 0 Å². The number of imidazole rings is 1. The molecule has 0 bridgehead atoms. The molecule has 2 aromatic heterocycles. The van der Waals surface area contributed by atoms with Gasteiger partial charge in [-0.25, -0.2) is 9.67 Å². The zero-order valence-electron chi connectivity index (χ0n) is 15.5. The van der Waals surface area contributed by atoms with Gasteiger partial charge < -0.3 is 14.2 Å². The Morgan fingerprint density at radius 2 is 2.15 bits per heavy atom. The number of carbonyl (C=O) groups is 1. The van der Waals surface area contributed by atoms with Gasteiger partial charge in [0.1, 0.15) is 0 Å². The van der Waals surface area contributed by atoms with Crippen molar-refractivity contribution in [1.82, 2.24) is 29.4 Å². The summed E-state index contributed by atoms with van der Waals surface area (Å²) in [6, 6.07) is 0. The Hall–Kier alpha value is -2.22. The molecule has 2 aromatic rings. The van der Waals surface area contributed by atoms with Crippen LogP contribution in [0.5, 0.6) is 0 Å². The molecule has 2 aliphatic rings. The summed E-state index contributed by atoms with van der Waals surface area (Å²) >= 11 is 0. The van der Waals surface area contributed by atoms with E-state index in [1.54, 1.807) is 13.3 Å². The lowest BCUT2D eigenvalue weighted by Crippen LogP contribution is -2.45. The van der Waals surface area contributed by atoms with Crippen LogP contribution in [0.2, 0.25) is 0 Å². The van der Waals surface area contributed by atoms with Crippen LogP contribution in [0.4, 0.5) is 0 Å². The monoisotopic (exact) mass is 358 g/mol. The third-order valence-electron chi connectivity index (χ3n) is 5.84. The molecule has 8 nitrogen and oxygen atoms in total. The maximum atomic E-state index is 12.9. The molecular weight excluding hydrogens is 332 g/mol. The van der Waals surface area contributed by atoms with Crippen LogP contribution < -0.4 is 0 Å². The van der Waals surface area contributed by atoms with Crippen molar-refractivity contribution in [3.05, 3.63) is 29.6 Å². The van der Waals surface area contributed by atoms with E-state index in [0.29, 0.717) is 19.5 Å². The number of aromatic nitrogens is 5. The summed E-state index contributed by atoms with van der Waals surface area (Å²) in [7, 11) is 1.72. The molecule has 140 valence electrons. The highest BCUT2D eigenvalue weighted by atomic mass is 16.5. The van der Waals surface area contributed by atoms with Gasteiger partial charge in [0.15, 0.2) is 0 Å². The molecule has 0 spiro atoms. The normalized spacial score (nSPS) is 18.9. The molecule has 1 saturated carbocycles. The van der Waals surface area contributed by atoms with Crippen LogP contribution in [0.25, 0.3) is 0 Å². The Bertz CT molecular complexity index is 786. The van der Waals surface area contributed by atoms with E-state index in [1.165, 1.54) is 0 Å². The van der Waals surface area contributed by atoms with Gasteiger partial charge in [-0.15, -0.1) is 5.10 Å². The Labute approximate surface area is 153 Å². The van der Waals surface area contributed by atoms with Gasteiger partial charge in [-0.1, -0.05) is 5.21 Å². The molecule has 1 amide bonds. The number of amides is 1. The van der Waals surface area contributed by atoms with Crippen LogP contribution in [0.1, 0.15) is 49.2 Å². The van der Waals surface area contributed by atoms with E-state index >= 15 is 0 Å². The summed E-state index contributed by atoms with van der Waals surface area (Å²) in [5, 5.41) is 8.06. The van der Waals surface area contributed by atoms with Crippen LogP contribution >= 0.6 is 0 Å². The quantitative estimate of drug-likeness (QED) is 0.810. The third kappa shape index (κ3) is 3.13. The average Bonchev–Trinajstić information content (AvgIpc) is 3.10. The number of nitrogens with zero attached hydrogens (tertiary/aromatic N) is 6. The minimum Gasteiger partial charge on any atom is -0.378 e. The maximum Gasteiger partial charge on any atom is 0.225 e. The summed E-state index contributed by atoms with van der Waals surface area (Å²) < 4.78 is 9.66. The molecule has 4 rings (SSSR count). The van der Waals surface area contributed by atoms with Gasteiger partial charge in [0.05, 0.1) is 54.7 Å². The van der Waals surface area contributed by atoms with Gasteiger partial charge in [0, 0.05) is 20.2 Å². The Kier molecular flexibility index (Phi) is 4.52. The minimum absolute atomic E-state index is 0.184. The number of hydrogen-bond donors (Lipinski definition) is 0. The van der Waals surface area contributed by atoms with Crippen LogP contribution in [0, 0.1) is 6.92 Å². The Morgan fingerprint density at radius 1 is 1.31 bits per heavy atom. The van der Waals surface area contributed by atoms with E-state index in [4.69, 9.17) is 4.74 Å². The fraction of sp³-hybridized carbons (Fsp3) is 0.667. The highest BCUT2D eigenvalue weighted by molar-refractivity contribution is 5.77. The van der Waals surface area contributed by atoms with Crippen molar-refractivity contribution in [2.45, 2.75) is 64.3 Å². The summed E-state index contributed by atoms with van der Waals surface area (Å²) in [4.78, 5) is 19.5. The molecule has 8 heteroatoms. The van der Waals surface area contributed by atoms with Crippen LogP contribution in [-0.4, -0.2) is 54.6 Å². The van der Waals surface area contributed by atoms with Crippen molar-refractivity contribution < 1.29 is 9.53 Å². The van der Waals surface area contributed by atoms with Crippen molar-refractivity contribution in [3.8, 4) is 0 Å². The predicted molar refractivity (Wildman–Crippen MR) is 94.3 cm³/mol.